The van der Waals surface area contributed by atoms with Crippen molar-refractivity contribution < 1.29 is 8.42 Å². The second-order valence-corrected chi connectivity index (χ2v) is 8.99. The molecular weight excluding hydrogens is 246 g/mol. The first kappa shape index (κ1) is 12.7. The van der Waals surface area contributed by atoms with Crippen LogP contribution >= 0.6 is 11.6 Å². The summed E-state index contributed by atoms with van der Waals surface area (Å²) in [5, 5.41) is -0.292. The molecule has 0 N–H and O–H groups in total. The molecule has 0 radical (unpaired) electrons. The standard InChI is InChI=1S/C11H20ClNO2S/c1-10(2)4-9-5-11(3,6-10)7-13(9)16(14,15)8-12/h9H,4-8H2,1-3H3. The van der Waals surface area contributed by atoms with Gasteiger partial charge in [-0.05, 0) is 30.1 Å². The van der Waals surface area contributed by atoms with Crippen molar-refractivity contribution in [1.29, 1.82) is 0 Å². The van der Waals surface area contributed by atoms with Gasteiger partial charge in [0.05, 0.1) is 0 Å². The van der Waals surface area contributed by atoms with Gasteiger partial charge in [0.2, 0.25) is 10.0 Å². The Hall–Kier alpha value is 0.200. The highest BCUT2D eigenvalue weighted by atomic mass is 35.5. The van der Waals surface area contributed by atoms with Gasteiger partial charge in [0.1, 0.15) is 5.21 Å². The zero-order valence-corrected chi connectivity index (χ0v) is 11.7. The number of alkyl halides is 1. The normalized spacial score (nSPS) is 38.9. The van der Waals surface area contributed by atoms with E-state index in [1.165, 1.54) is 0 Å². The number of halogens is 1. The lowest BCUT2D eigenvalue weighted by Gasteiger charge is -2.39. The minimum atomic E-state index is -3.24. The molecule has 2 bridgehead atoms. The molecule has 2 fully saturated rings. The molecular formula is C11H20ClNO2S. The molecule has 1 heterocycles. The Morgan fingerprint density at radius 3 is 2.50 bits per heavy atom. The third kappa shape index (κ3) is 2.12. The minimum absolute atomic E-state index is 0.144. The Kier molecular flexibility index (Phi) is 2.84. The van der Waals surface area contributed by atoms with Crippen molar-refractivity contribution in [2.45, 2.75) is 46.1 Å². The highest BCUT2D eigenvalue weighted by Gasteiger charge is 2.52. The summed E-state index contributed by atoms with van der Waals surface area (Å²) in [7, 11) is -3.24. The van der Waals surface area contributed by atoms with Gasteiger partial charge >= 0.3 is 0 Å². The van der Waals surface area contributed by atoms with Crippen LogP contribution in [0.15, 0.2) is 0 Å². The van der Waals surface area contributed by atoms with Crippen LogP contribution in [0.3, 0.4) is 0 Å². The Balaban J connectivity index is 2.30. The summed E-state index contributed by atoms with van der Waals surface area (Å²) in [6.07, 6.45) is 3.05. The van der Waals surface area contributed by atoms with Crippen LogP contribution in [0.2, 0.25) is 0 Å². The summed E-state index contributed by atoms with van der Waals surface area (Å²) in [5.74, 6) is 0. The average molecular weight is 266 g/mol. The van der Waals surface area contributed by atoms with Crippen molar-refractivity contribution in [1.82, 2.24) is 4.31 Å². The van der Waals surface area contributed by atoms with E-state index in [-0.39, 0.29) is 22.1 Å². The summed E-state index contributed by atoms with van der Waals surface area (Å²) in [6, 6.07) is 0.164. The van der Waals surface area contributed by atoms with E-state index in [4.69, 9.17) is 11.6 Å². The van der Waals surface area contributed by atoms with E-state index < -0.39 is 10.0 Å². The lowest BCUT2D eigenvalue weighted by atomic mass is 9.65. The molecule has 1 aliphatic heterocycles. The Morgan fingerprint density at radius 1 is 1.31 bits per heavy atom. The lowest BCUT2D eigenvalue weighted by Crippen LogP contribution is -2.38. The van der Waals surface area contributed by atoms with Gasteiger partial charge in [-0.3, -0.25) is 0 Å². The van der Waals surface area contributed by atoms with Gasteiger partial charge < -0.3 is 0 Å². The molecule has 1 saturated heterocycles. The van der Waals surface area contributed by atoms with Crippen LogP contribution in [0, 0.1) is 10.8 Å². The summed E-state index contributed by atoms with van der Waals surface area (Å²) in [4.78, 5) is 0. The molecule has 0 aromatic carbocycles. The zero-order chi connectivity index (χ0) is 12.2. The molecule has 0 aromatic heterocycles. The highest BCUT2D eigenvalue weighted by Crippen LogP contribution is 2.53. The maximum Gasteiger partial charge on any atom is 0.228 e. The van der Waals surface area contributed by atoms with Crippen molar-refractivity contribution in [2.75, 3.05) is 11.8 Å². The molecule has 0 aromatic rings. The maximum absolute atomic E-state index is 11.9. The molecule has 16 heavy (non-hydrogen) atoms. The van der Waals surface area contributed by atoms with Crippen LogP contribution in [-0.2, 0) is 10.0 Å². The van der Waals surface area contributed by atoms with Crippen molar-refractivity contribution in [3.8, 4) is 0 Å². The molecule has 0 amide bonds. The predicted octanol–water partition coefficient (Wildman–Crippen LogP) is 2.41. The van der Waals surface area contributed by atoms with E-state index in [0.29, 0.717) is 6.54 Å². The first-order valence-corrected chi connectivity index (χ1v) is 7.87. The van der Waals surface area contributed by atoms with Gasteiger partial charge in [-0.15, -0.1) is 11.6 Å². The van der Waals surface area contributed by atoms with Gasteiger partial charge in [-0.25, -0.2) is 8.42 Å². The van der Waals surface area contributed by atoms with Crippen LogP contribution in [0.5, 0.6) is 0 Å². The fraction of sp³-hybridized carbons (Fsp3) is 1.00. The Bertz CT molecular complexity index is 393. The van der Waals surface area contributed by atoms with Gasteiger partial charge in [0, 0.05) is 12.6 Å². The van der Waals surface area contributed by atoms with E-state index in [2.05, 4.69) is 20.8 Å². The molecule has 1 aliphatic carbocycles. The highest BCUT2D eigenvalue weighted by molar-refractivity contribution is 7.90. The van der Waals surface area contributed by atoms with Crippen molar-refractivity contribution in [3.05, 3.63) is 0 Å². The van der Waals surface area contributed by atoms with Crippen molar-refractivity contribution >= 4 is 21.6 Å². The number of sulfonamides is 1. The van der Waals surface area contributed by atoms with Gasteiger partial charge in [0.25, 0.3) is 0 Å². The Labute approximate surface area is 103 Å². The zero-order valence-electron chi connectivity index (χ0n) is 10.2. The largest absolute Gasteiger partial charge is 0.228 e. The van der Waals surface area contributed by atoms with E-state index in [1.54, 1.807) is 4.31 Å². The van der Waals surface area contributed by atoms with Crippen LogP contribution in [0.4, 0.5) is 0 Å². The number of hydrogen-bond acceptors (Lipinski definition) is 2. The van der Waals surface area contributed by atoms with Crippen LogP contribution in [0.1, 0.15) is 40.0 Å². The van der Waals surface area contributed by atoms with Crippen LogP contribution in [0.25, 0.3) is 0 Å². The third-order valence-electron chi connectivity index (χ3n) is 3.86. The molecule has 2 unspecified atom stereocenters. The number of rotatable bonds is 2. The quantitative estimate of drug-likeness (QED) is 0.719. The molecule has 3 nitrogen and oxygen atoms in total. The van der Waals surface area contributed by atoms with Crippen molar-refractivity contribution in [2.24, 2.45) is 10.8 Å². The first-order valence-electron chi connectivity index (χ1n) is 5.73. The fourth-order valence-electron chi connectivity index (χ4n) is 3.80. The summed E-state index contributed by atoms with van der Waals surface area (Å²) >= 11 is 5.55. The van der Waals surface area contributed by atoms with E-state index in [1.807, 2.05) is 0 Å². The van der Waals surface area contributed by atoms with Gasteiger partial charge in [0.15, 0.2) is 0 Å². The lowest BCUT2D eigenvalue weighted by molar-refractivity contribution is 0.133. The molecule has 0 spiro atoms. The predicted molar refractivity (Wildman–Crippen MR) is 65.9 cm³/mol. The minimum Gasteiger partial charge on any atom is -0.211 e. The molecule has 5 heteroatoms. The van der Waals surface area contributed by atoms with Crippen LogP contribution in [-0.4, -0.2) is 30.5 Å². The van der Waals surface area contributed by atoms with E-state index >= 15 is 0 Å². The number of fused-ring (bicyclic) bond motifs is 2. The average Bonchev–Trinajstić information content (AvgIpc) is 2.35. The summed E-state index contributed by atoms with van der Waals surface area (Å²) in [5.41, 5.74) is 0.389. The molecule has 2 atom stereocenters. The molecule has 2 rings (SSSR count). The number of nitrogens with zero attached hydrogens (tertiary/aromatic N) is 1. The monoisotopic (exact) mass is 265 g/mol. The maximum atomic E-state index is 11.9. The van der Waals surface area contributed by atoms with Gasteiger partial charge in [-0.2, -0.15) is 4.31 Å². The van der Waals surface area contributed by atoms with E-state index in [0.717, 1.165) is 19.3 Å². The topological polar surface area (TPSA) is 37.4 Å². The third-order valence-corrected chi connectivity index (χ3v) is 6.11. The van der Waals surface area contributed by atoms with Crippen molar-refractivity contribution in [3.63, 3.8) is 0 Å². The second-order valence-electron chi connectivity index (χ2n) is 6.48. The summed E-state index contributed by atoms with van der Waals surface area (Å²) < 4.78 is 25.4. The SMILES string of the molecule is CC1(C)CC2CC(C)(CN2S(=O)(=O)CCl)C1. The smallest absolute Gasteiger partial charge is 0.211 e. The Morgan fingerprint density at radius 2 is 1.94 bits per heavy atom. The fourth-order valence-corrected chi connectivity index (χ4v) is 5.41. The van der Waals surface area contributed by atoms with Gasteiger partial charge in [-0.1, -0.05) is 20.8 Å². The van der Waals surface area contributed by atoms with Crippen LogP contribution < -0.4 is 0 Å². The first-order chi connectivity index (χ1) is 7.18. The molecule has 1 saturated carbocycles. The summed E-state index contributed by atoms with van der Waals surface area (Å²) in [6.45, 7) is 7.31. The second kappa shape index (κ2) is 3.59. The number of hydrogen-bond donors (Lipinski definition) is 0. The van der Waals surface area contributed by atoms with E-state index in [9.17, 15) is 8.42 Å². The molecule has 2 aliphatic rings. The molecule has 94 valence electrons.